The third-order valence-corrected chi connectivity index (χ3v) is 5.17. The van der Waals surface area contributed by atoms with Crippen molar-refractivity contribution in [2.45, 2.75) is 53.0 Å². The Balaban J connectivity index is 1.70. The van der Waals surface area contributed by atoms with Gasteiger partial charge in [0.1, 0.15) is 5.76 Å². The maximum absolute atomic E-state index is 12.4. The Labute approximate surface area is 158 Å². The molecule has 1 saturated heterocycles. The Kier molecular flexibility index (Phi) is 5.62. The number of amides is 1. The van der Waals surface area contributed by atoms with Crippen LogP contribution < -0.4 is 15.8 Å². The van der Waals surface area contributed by atoms with Gasteiger partial charge < -0.3 is 14.7 Å². The molecular weight excluding hydrogens is 346 g/mol. The summed E-state index contributed by atoms with van der Waals surface area (Å²) < 4.78 is 5.10. The fraction of sp³-hybridized carbons (Fsp3) is 0.579. The molecule has 0 spiro atoms. The number of piperidine rings is 1. The Morgan fingerprint density at radius 1 is 1.41 bits per heavy atom. The number of anilines is 1. The Morgan fingerprint density at radius 2 is 2.11 bits per heavy atom. The number of aromatic nitrogens is 3. The van der Waals surface area contributed by atoms with Crippen molar-refractivity contribution in [2.24, 2.45) is 5.92 Å². The van der Waals surface area contributed by atoms with Gasteiger partial charge >= 0.3 is 0 Å². The van der Waals surface area contributed by atoms with E-state index in [4.69, 9.17) is 4.52 Å². The largest absolute Gasteiger partial charge is 0.361 e. The molecule has 2 N–H and O–H groups in total. The van der Waals surface area contributed by atoms with Crippen molar-refractivity contribution in [3.05, 3.63) is 39.1 Å². The zero-order valence-corrected chi connectivity index (χ0v) is 16.3. The van der Waals surface area contributed by atoms with Gasteiger partial charge in [-0.3, -0.25) is 14.6 Å². The lowest BCUT2D eigenvalue weighted by Gasteiger charge is -2.31. The monoisotopic (exact) mass is 373 g/mol. The highest BCUT2D eigenvalue weighted by molar-refractivity contribution is 5.79. The Morgan fingerprint density at radius 3 is 2.74 bits per heavy atom. The molecule has 0 unspecified atom stereocenters. The highest BCUT2D eigenvalue weighted by atomic mass is 16.5. The SMILES string of the molecule is Cc1noc(C)c1CC(=O)N[C@H](C)c1cc(=O)[nH]c(N2CCC(C)CC2)n1. The van der Waals surface area contributed by atoms with Crippen LogP contribution in [0.5, 0.6) is 0 Å². The van der Waals surface area contributed by atoms with Crippen molar-refractivity contribution < 1.29 is 9.32 Å². The highest BCUT2D eigenvalue weighted by Gasteiger charge is 2.20. The summed E-state index contributed by atoms with van der Waals surface area (Å²) in [5.41, 5.74) is 1.85. The zero-order valence-electron chi connectivity index (χ0n) is 16.3. The van der Waals surface area contributed by atoms with Crippen LogP contribution in [0.15, 0.2) is 15.4 Å². The van der Waals surface area contributed by atoms with E-state index in [2.05, 4.69) is 32.3 Å². The van der Waals surface area contributed by atoms with Crippen molar-refractivity contribution in [1.29, 1.82) is 0 Å². The first-order chi connectivity index (χ1) is 12.8. The fourth-order valence-corrected chi connectivity index (χ4v) is 3.34. The first-order valence-corrected chi connectivity index (χ1v) is 9.40. The molecule has 2 aromatic heterocycles. The lowest BCUT2D eigenvalue weighted by Crippen LogP contribution is -2.36. The molecule has 3 rings (SSSR count). The van der Waals surface area contributed by atoms with Crippen LogP contribution in [0, 0.1) is 19.8 Å². The van der Waals surface area contributed by atoms with Crippen LogP contribution in [0.2, 0.25) is 0 Å². The molecule has 0 radical (unpaired) electrons. The van der Waals surface area contributed by atoms with Crippen LogP contribution in [-0.2, 0) is 11.2 Å². The minimum atomic E-state index is -0.372. The molecule has 146 valence electrons. The summed E-state index contributed by atoms with van der Waals surface area (Å²) in [6.45, 7) is 9.42. The quantitative estimate of drug-likeness (QED) is 0.831. The number of H-pyrrole nitrogens is 1. The molecule has 0 aliphatic carbocycles. The molecule has 1 amide bonds. The minimum Gasteiger partial charge on any atom is -0.361 e. The van der Waals surface area contributed by atoms with E-state index < -0.39 is 0 Å². The first kappa shape index (κ1) is 19.1. The van der Waals surface area contributed by atoms with E-state index in [0.29, 0.717) is 29.0 Å². The second kappa shape index (κ2) is 7.94. The number of carbonyl (C=O) groups excluding carboxylic acids is 1. The van der Waals surface area contributed by atoms with Gasteiger partial charge in [0.05, 0.1) is 23.9 Å². The van der Waals surface area contributed by atoms with Gasteiger partial charge in [-0.05, 0) is 39.5 Å². The van der Waals surface area contributed by atoms with E-state index in [-0.39, 0.29) is 23.9 Å². The van der Waals surface area contributed by atoms with Crippen LogP contribution in [0.1, 0.15) is 55.4 Å². The summed E-state index contributed by atoms with van der Waals surface area (Å²) in [5.74, 6) is 1.76. The molecule has 8 nitrogen and oxygen atoms in total. The molecule has 27 heavy (non-hydrogen) atoms. The van der Waals surface area contributed by atoms with Gasteiger partial charge in [0.2, 0.25) is 11.9 Å². The maximum atomic E-state index is 12.4. The van der Waals surface area contributed by atoms with Crippen molar-refractivity contribution in [1.82, 2.24) is 20.4 Å². The van der Waals surface area contributed by atoms with Crippen molar-refractivity contribution >= 4 is 11.9 Å². The van der Waals surface area contributed by atoms with Gasteiger partial charge in [0, 0.05) is 24.7 Å². The molecule has 2 aromatic rings. The smallest absolute Gasteiger partial charge is 0.252 e. The van der Waals surface area contributed by atoms with Crippen molar-refractivity contribution in [3.63, 3.8) is 0 Å². The molecule has 1 fully saturated rings. The van der Waals surface area contributed by atoms with E-state index in [0.717, 1.165) is 31.5 Å². The molecule has 0 bridgehead atoms. The maximum Gasteiger partial charge on any atom is 0.252 e. The average Bonchev–Trinajstić information content (AvgIpc) is 2.93. The van der Waals surface area contributed by atoms with Crippen molar-refractivity contribution in [3.8, 4) is 0 Å². The van der Waals surface area contributed by atoms with Gasteiger partial charge in [-0.15, -0.1) is 0 Å². The number of aromatic amines is 1. The van der Waals surface area contributed by atoms with Gasteiger partial charge in [-0.25, -0.2) is 4.98 Å². The van der Waals surface area contributed by atoms with Crippen LogP contribution >= 0.6 is 0 Å². The molecule has 3 heterocycles. The number of rotatable bonds is 5. The highest BCUT2D eigenvalue weighted by Crippen LogP contribution is 2.20. The van der Waals surface area contributed by atoms with Gasteiger partial charge in [0.15, 0.2) is 0 Å². The normalized spacial score (nSPS) is 16.4. The van der Waals surface area contributed by atoms with E-state index in [1.165, 1.54) is 6.07 Å². The fourth-order valence-electron chi connectivity index (χ4n) is 3.34. The lowest BCUT2D eigenvalue weighted by atomic mass is 10.00. The zero-order chi connectivity index (χ0) is 19.6. The molecule has 8 heteroatoms. The number of hydrogen-bond acceptors (Lipinski definition) is 6. The van der Waals surface area contributed by atoms with E-state index >= 15 is 0 Å². The van der Waals surface area contributed by atoms with Gasteiger partial charge in [0.25, 0.3) is 5.56 Å². The molecule has 1 atom stereocenters. The molecule has 0 aromatic carbocycles. The van der Waals surface area contributed by atoms with Crippen LogP contribution in [0.25, 0.3) is 0 Å². The summed E-state index contributed by atoms with van der Waals surface area (Å²) in [7, 11) is 0. The third kappa shape index (κ3) is 4.56. The predicted octanol–water partition coefficient (Wildman–Crippen LogP) is 2.03. The summed E-state index contributed by atoms with van der Waals surface area (Å²) in [5, 5.41) is 6.78. The van der Waals surface area contributed by atoms with Crippen molar-refractivity contribution in [2.75, 3.05) is 18.0 Å². The number of carbonyl (C=O) groups is 1. The van der Waals surface area contributed by atoms with Crippen LogP contribution in [-0.4, -0.2) is 34.1 Å². The summed E-state index contributed by atoms with van der Waals surface area (Å²) >= 11 is 0. The molecule has 1 aliphatic heterocycles. The molecule has 0 saturated carbocycles. The van der Waals surface area contributed by atoms with Crippen LogP contribution in [0.3, 0.4) is 0 Å². The second-order valence-corrected chi connectivity index (χ2v) is 7.43. The molecular formula is C19H27N5O3. The van der Waals surface area contributed by atoms with Gasteiger partial charge in [-0.2, -0.15) is 0 Å². The summed E-state index contributed by atoms with van der Waals surface area (Å²) in [4.78, 5) is 34.0. The van der Waals surface area contributed by atoms with E-state index in [1.54, 1.807) is 6.92 Å². The first-order valence-electron chi connectivity index (χ1n) is 9.40. The number of aryl methyl sites for hydroxylation is 2. The number of nitrogens with zero attached hydrogens (tertiary/aromatic N) is 3. The number of hydrogen-bond donors (Lipinski definition) is 2. The van der Waals surface area contributed by atoms with E-state index in [1.807, 2.05) is 13.8 Å². The Hall–Kier alpha value is -2.64. The third-order valence-electron chi connectivity index (χ3n) is 5.17. The van der Waals surface area contributed by atoms with Crippen LogP contribution in [0.4, 0.5) is 5.95 Å². The van der Waals surface area contributed by atoms with E-state index in [9.17, 15) is 9.59 Å². The standard InChI is InChI=1S/C19H27N5O3/c1-11-5-7-24(8-6-11)19-21-16(10-18(26)22-19)13(3)20-17(25)9-15-12(2)23-27-14(15)4/h10-11,13H,5-9H2,1-4H3,(H,20,25)(H,21,22,26)/t13-/m1/s1. The topological polar surface area (TPSA) is 104 Å². The second-order valence-electron chi connectivity index (χ2n) is 7.43. The minimum absolute atomic E-state index is 0.160. The number of nitrogens with one attached hydrogen (secondary N) is 2. The predicted molar refractivity (Wildman–Crippen MR) is 102 cm³/mol. The summed E-state index contributed by atoms with van der Waals surface area (Å²) in [6.07, 6.45) is 2.35. The summed E-state index contributed by atoms with van der Waals surface area (Å²) in [6, 6.07) is 1.07. The van der Waals surface area contributed by atoms with Gasteiger partial charge in [-0.1, -0.05) is 12.1 Å². The molecule has 1 aliphatic rings. The lowest BCUT2D eigenvalue weighted by molar-refractivity contribution is -0.121. The average molecular weight is 373 g/mol. The Bertz CT molecular complexity index is 845.